The second-order valence-electron chi connectivity index (χ2n) is 3.87. The first-order chi connectivity index (χ1) is 7.44. The summed E-state index contributed by atoms with van der Waals surface area (Å²) in [5.74, 6) is -1.10. The quantitative estimate of drug-likeness (QED) is 0.785. The number of amides is 1. The largest absolute Gasteiger partial charge is 0.335 e. The normalized spacial score (nSPS) is 23.9. The molecule has 0 radical (unpaired) electrons. The molecule has 1 rings (SSSR count). The van der Waals surface area contributed by atoms with Crippen molar-refractivity contribution in [2.75, 3.05) is 0 Å². The molecule has 0 saturated heterocycles. The average Bonchev–Trinajstić information content (AvgIpc) is 2.60. The van der Waals surface area contributed by atoms with E-state index >= 15 is 0 Å². The smallest absolute Gasteiger partial charge is 0.218 e. The van der Waals surface area contributed by atoms with E-state index in [1.807, 2.05) is 6.07 Å². The maximum Gasteiger partial charge on any atom is 0.218 e. The van der Waals surface area contributed by atoms with Gasteiger partial charge in [-0.15, -0.1) is 23.2 Å². The van der Waals surface area contributed by atoms with Crippen molar-refractivity contribution in [2.45, 2.75) is 36.6 Å². The Morgan fingerprint density at radius 3 is 2.62 bits per heavy atom. The summed E-state index contributed by atoms with van der Waals surface area (Å²) in [6, 6.07) is 1.90. The van der Waals surface area contributed by atoms with Crippen LogP contribution in [0.2, 0.25) is 0 Å². The van der Waals surface area contributed by atoms with Gasteiger partial charge in [0.15, 0.2) is 5.54 Å². The first kappa shape index (κ1) is 13.3. The zero-order valence-corrected chi connectivity index (χ0v) is 10.3. The van der Waals surface area contributed by atoms with E-state index in [0.717, 1.165) is 0 Å². The third kappa shape index (κ3) is 2.31. The van der Waals surface area contributed by atoms with Crippen molar-refractivity contribution in [1.29, 1.82) is 5.26 Å². The van der Waals surface area contributed by atoms with Crippen LogP contribution < -0.4 is 5.32 Å². The summed E-state index contributed by atoms with van der Waals surface area (Å²) in [7, 11) is 0. The summed E-state index contributed by atoms with van der Waals surface area (Å²) in [6.07, 6.45) is 1.64. The van der Waals surface area contributed by atoms with E-state index in [0.29, 0.717) is 19.3 Å². The Kier molecular flexibility index (Phi) is 4.17. The number of nitriles is 1. The second kappa shape index (κ2) is 5.03. The van der Waals surface area contributed by atoms with Crippen molar-refractivity contribution in [3.63, 3.8) is 0 Å². The Balaban J connectivity index is 3.07. The molecule has 88 valence electrons. The van der Waals surface area contributed by atoms with Crippen LogP contribution in [0.4, 0.5) is 0 Å². The first-order valence-corrected chi connectivity index (χ1v) is 5.82. The number of alkyl halides is 2. The molecule has 1 saturated carbocycles. The van der Waals surface area contributed by atoms with Gasteiger partial charge in [0.2, 0.25) is 5.91 Å². The third-order valence-electron chi connectivity index (χ3n) is 2.77. The minimum Gasteiger partial charge on any atom is -0.335 e. The van der Waals surface area contributed by atoms with Gasteiger partial charge < -0.3 is 5.32 Å². The lowest BCUT2D eigenvalue weighted by molar-refractivity contribution is -0.124. The molecule has 0 unspecified atom stereocenters. The molecule has 1 aliphatic rings. The molecule has 1 amide bonds. The number of hydrogen-bond donors (Lipinski definition) is 1. The van der Waals surface area contributed by atoms with Crippen molar-refractivity contribution in [3.8, 4) is 6.07 Å². The predicted molar refractivity (Wildman–Crippen MR) is 60.0 cm³/mol. The molecular weight excluding hydrogens is 251 g/mol. The number of Topliss-reactive ketones (excluding diaryl/α,β-unsaturated/α-hetero) is 1. The van der Waals surface area contributed by atoms with Crippen LogP contribution in [0, 0.1) is 17.2 Å². The van der Waals surface area contributed by atoms with Gasteiger partial charge in [0, 0.05) is 13.3 Å². The monoisotopic (exact) mass is 262 g/mol. The number of hydrogen-bond acceptors (Lipinski definition) is 3. The molecule has 0 spiro atoms. The van der Waals surface area contributed by atoms with Crippen molar-refractivity contribution in [3.05, 3.63) is 0 Å². The van der Waals surface area contributed by atoms with Crippen molar-refractivity contribution in [1.82, 2.24) is 5.32 Å². The Labute approximate surface area is 104 Å². The molecule has 2 atom stereocenters. The molecule has 0 aromatic heterocycles. The van der Waals surface area contributed by atoms with Crippen LogP contribution in [0.15, 0.2) is 0 Å². The molecule has 0 aromatic rings. The summed E-state index contributed by atoms with van der Waals surface area (Å²) in [5, 5.41) is 11.6. The van der Waals surface area contributed by atoms with Crippen LogP contribution in [-0.4, -0.2) is 22.1 Å². The van der Waals surface area contributed by atoms with Gasteiger partial charge in [-0.25, -0.2) is 0 Å². The summed E-state index contributed by atoms with van der Waals surface area (Å²) >= 11 is 11.5. The lowest BCUT2D eigenvalue weighted by atomic mass is 9.84. The first-order valence-electron chi connectivity index (χ1n) is 4.95. The third-order valence-corrected chi connectivity index (χ3v) is 3.45. The standard InChI is InChI=1S/C10H12Cl2N2O2/c1-6(15)14-10(5-13,9(11)12)7-3-2-4-8(7)16/h7,9H,2-4H2,1H3,(H,14,15)/t7-,10-/m1/s1. The summed E-state index contributed by atoms with van der Waals surface area (Å²) in [5.41, 5.74) is -1.50. The molecular formula is C10H12Cl2N2O2. The number of rotatable bonds is 3. The Hall–Kier alpha value is -0.790. The van der Waals surface area contributed by atoms with Crippen molar-refractivity contribution in [2.24, 2.45) is 5.92 Å². The second-order valence-corrected chi connectivity index (χ2v) is 4.97. The van der Waals surface area contributed by atoms with Crippen LogP contribution in [0.1, 0.15) is 26.2 Å². The summed E-state index contributed by atoms with van der Waals surface area (Å²) in [6.45, 7) is 1.27. The molecule has 6 heteroatoms. The van der Waals surface area contributed by atoms with E-state index in [-0.39, 0.29) is 5.78 Å². The fourth-order valence-electron chi connectivity index (χ4n) is 2.04. The van der Waals surface area contributed by atoms with E-state index in [1.165, 1.54) is 6.92 Å². The summed E-state index contributed by atoms with van der Waals surface area (Å²) < 4.78 is 0. The SMILES string of the molecule is CC(=O)N[C@@](C#N)(C(Cl)Cl)[C@@H]1CCCC1=O. The van der Waals surface area contributed by atoms with Gasteiger partial charge in [0.1, 0.15) is 10.6 Å². The Bertz CT molecular complexity index is 351. The molecule has 0 aromatic carbocycles. The summed E-state index contributed by atoms with van der Waals surface area (Å²) in [4.78, 5) is 21.6. The van der Waals surface area contributed by atoms with E-state index in [2.05, 4.69) is 5.32 Å². The molecule has 0 bridgehead atoms. The van der Waals surface area contributed by atoms with Gasteiger partial charge in [0.25, 0.3) is 0 Å². The number of ketones is 1. The molecule has 4 nitrogen and oxygen atoms in total. The van der Waals surface area contributed by atoms with E-state index in [9.17, 15) is 14.9 Å². The molecule has 0 heterocycles. The van der Waals surface area contributed by atoms with Crippen LogP contribution in [0.25, 0.3) is 0 Å². The molecule has 0 aliphatic heterocycles. The van der Waals surface area contributed by atoms with E-state index in [1.54, 1.807) is 0 Å². The van der Waals surface area contributed by atoms with Crippen molar-refractivity contribution >= 4 is 34.9 Å². The number of nitrogens with zero attached hydrogens (tertiary/aromatic N) is 1. The minimum absolute atomic E-state index is 0.0680. The van der Waals surface area contributed by atoms with E-state index < -0.39 is 22.2 Å². The van der Waals surface area contributed by atoms with Gasteiger partial charge in [-0.3, -0.25) is 9.59 Å². The maximum atomic E-state index is 11.6. The highest BCUT2D eigenvalue weighted by atomic mass is 35.5. The number of halogens is 2. The zero-order chi connectivity index (χ0) is 12.3. The van der Waals surface area contributed by atoms with Gasteiger partial charge in [-0.1, -0.05) is 0 Å². The Morgan fingerprint density at radius 2 is 2.31 bits per heavy atom. The predicted octanol–water partition coefficient (Wildman–Crippen LogP) is 1.56. The lowest BCUT2D eigenvalue weighted by Crippen LogP contribution is -2.58. The van der Waals surface area contributed by atoms with Gasteiger partial charge >= 0.3 is 0 Å². The molecule has 16 heavy (non-hydrogen) atoms. The molecule has 1 aliphatic carbocycles. The van der Waals surface area contributed by atoms with Crippen LogP contribution in [0.3, 0.4) is 0 Å². The topological polar surface area (TPSA) is 70.0 Å². The minimum atomic E-state index is -1.50. The Morgan fingerprint density at radius 1 is 1.69 bits per heavy atom. The van der Waals surface area contributed by atoms with Gasteiger partial charge in [-0.2, -0.15) is 5.26 Å². The van der Waals surface area contributed by atoms with Crippen LogP contribution in [-0.2, 0) is 9.59 Å². The zero-order valence-electron chi connectivity index (χ0n) is 8.80. The highest BCUT2D eigenvalue weighted by molar-refractivity contribution is 6.45. The fourth-order valence-corrected chi connectivity index (χ4v) is 2.55. The highest BCUT2D eigenvalue weighted by Crippen LogP contribution is 2.36. The van der Waals surface area contributed by atoms with E-state index in [4.69, 9.17) is 23.2 Å². The number of carbonyl (C=O) groups is 2. The van der Waals surface area contributed by atoms with Crippen LogP contribution in [0.5, 0.6) is 0 Å². The lowest BCUT2D eigenvalue weighted by Gasteiger charge is -2.33. The highest BCUT2D eigenvalue weighted by Gasteiger charge is 2.50. The van der Waals surface area contributed by atoms with Gasteiger partial charge in [-0.05, 0) is 12.8 Å². The fraction of sp³-hybridized carbons (Fsp3) is 0.700. The molecule has 1 fully saturated rings. The van der Waals surface area contributed by atoms with Crippen LogP contribution >= 0.6 is 23.2 Å². The maximum absolute atomic E-state index is 11.6. The average molecular weight is 263 g/mol. The number of carbonyl (C=O) groups excluding carboxylic acids is 2. The van der Waals surface area contributed by atoms with Crippen molar-refractivity contribution < 1.29 is 9.59 Å². The van der Waals surface area contributed by atoms with Gasteiger partial charge in [0.05, 0.1) is 12.0 Å². The number of nitrogens with one attached hydrogen (secondary N) is 1. The molecule has 1 N–H and O–H groups in total.